The number of amides is 1. The zero-order valence-electron chi connectivity index (χ0n) is 12.4. The number of hydrogen-bond acceptors (Lipinski definition) is 4. The molecule has 0 unspecified atom stereocenters. The Morgan fingerprint density at radius 1 is 1.32 bits per heavy atom. The number of carbonyl (C=O) groups excluding carboxylic acids is 2. The molecule has 1 fully saturated rings. The number of rotatable bonds is 8. The van der Waals surface area contributed by atoms with Gasteiger partial charge in [-0.25, -0.2) is 0 Å². The minimum absolute atomic E-state index is 0.0170. The number of halogens is 2. The number of aliphatic carboxylic acids is 1. The van der Waals surface area contributed by atoms with E-state index in [4.69, 9.17) is 33.0 Å². The molecule has 0 saturated heterocycles. The van der Waals surface area contributed by atoms with E-state index in [1.165, 1.54) is 0 Å². The Hall–Kier alpha value is -1.27. The molecule has 1 rings (SSSR count). The van der Waals surface area contributed by atoms with Gasteiger partial charge in [0, 0.05) is 6.42 Å². The first-order valence-electron chi connectivity index (χ1n) is 6.84. The lowest BCUT2D eigenvalue weighted by Gasteiger charge is -2.06. The Bertz CT molecular complexity index is 486. The highest BCUT2D eigenvalue weighted by atomic mass is 35.5. The molecule has 22 heavy (non-hydrogen) atoms. The van der Waals surface area contributed by atoms with Gasteiger partial charge < -0.3 is 15.2 Å². The van der Waals surface area contributed by atoms with E-state index in [2.05, 4.69) is 5.32 Å². The van der Waals surface area contributed by atoms with Crippen LogP contribution in [0.1, 0.15) is 26.7 Å². The number of carbonyl (C=O) groups is 3. The first kappa shape index (κ1) is 18.8. The summed E-state index contributed by atoms with van der Waals surface area (Å²) in [7, 11) is 0. The molecule has 0 radical (unpaired) electrons. The largest absolute Gasteiger partial charge is 0.481 e. The minimum atomic E-state index is -0.947. The van der Waals surface area contributed by atoms with Crippen LogP contribution >= 0.6 is 23.2 Å². The second-order valence-corrected chi connectivity index (χ2v) is 6.72. The second-order valence-electron chi connectivity index (χ2n) is 5.72. The minimum Gasteiger partial charge on any atom is -0.481 e. The smallest absolute Gasteiger partial charge is 0.325 e. The van der Waals surface area contributed by atoms with Crippen molar-refractivity contribution >= 4 is 41.0 Å². The second kappa shape index (κ2) is 7.83. The van der Waals surface area contributed by atoms with E-state index in [9.17, 15) is 14.4 Å². The summed E-state index contributed by atoms with van der Waals surface area (Å²) in [5, 5.41) is 10.9. The van der Waals surface area contributed by atoms with Gasteiger partial charge in [-0.2, -0.15) is 0 Å². The van der Waals surface area contributed by atoms with Gasteiger partial charge in [0.25, 0.3) is 0 Å². The van der Waals surface area contributed by atoms with Crippen LogP contribution in [0, 0.1) is 17.3 Å². The van der Waals surface area contributed by atoms with Crippen LogP contribution in [0.15, 0.2) is 10.6 Å². The van der Waals surface area contributed by atoms with Crippen LogP contribution in [0.25, 0.3) is 0 Å². The summed E-state index contributed by atoms with van der Waals surface area (Å²) >= 11 is 11.2. The van der Waals surface area contributed by atoms with Gasteiger partial charge in [0.1, 0.15) is 11.0 Å². The fraction of sp³-hybridized carbons (Fsp3) is 0.643. The number of carboxylic acid groups (broad SMARTS) is 1. The number of nitrogens with one attached hydrogen (secondary N) is 1. The van der Waals surface area contributed by atoms with Crippen molar-refractivity contribution in [1.29, 1.82) is 0 Å². The number of allylic oxidation sites excluding steroid dienone is 1. The third-order valence-electron chi connectivity index (χ3n) is 3.70. The molecule has 0 aromatic rings. The maximum Gasteiger partial charge on any atom is 0.325 e. The highest BCUT2D eigenvalue weighted by Crippen LogP contribution is 2.59. The maximum atomic E-state index is 12.0. The van der Waals surface area contributed by atoms with Gasteiger partial charge in [0.2, 0.25) is 5.91 Å². The number of esters is 1. The van der Waals surface area contributed by atoms with Gasteiger partial charge in [-0.05, 0) is 23.8 Å². The van der Waals surface area contributed by atoms with Crippen LogP contribution in [0.3, 0.4) is 0 Å². The predicted molar refractivity (Wildman–Crippen MR) is 81.4 cm³/mol. The molecule has 2 atom stereocenters. The molecule has 0 bridgehead atoms. The normalized spacial score (nSPS) is 21.6. The summed E-state index contributed by atoms with van der Waals surface area (Å²) in [5.41, 5.74) is -0.259. The summed E-state index contributed by atoms with van der Waals surface area (Å²) < 4.78 is 4.93. The number of ether oxygens (including phenoxy) is 1. The molecule has 0 aromatic heterocycles. The summed E-state index contributed by atoms with van der Waals surface area (Å²) in [6.07, 6.45) is 1.80. The fourth-order valence-corrected chi connectivity index (χ4v) is 2.63. The van der Waals surface area contributed by atoms with E-state index in [0.29, 0.717) is 0 Å². The quantitative estimate of drug-likeness (QED) is 0.516. The van der Waals surface area contributed by atoms with Gasteiger partial charge in [-0.15, -0.1) is 0 Å². The van der Waals surface area contributed by atoms with E-state index in [0.717, 1.165) is 0 Å². The summed E-state index contributed by atoms with van der Waals surface area (Å²) in [5.74, 6) is -2.16. The predicted octanol–water partition coefficient (Wildman–Crippen LogP) is 2.10. The fourth-order valence-electron chi connectivity index (χ4n) is 2.35. The Labute approximate surface area is 138 Å². The number of hydrogen-bond donors (Lipinski definition) is 2. The van der Waals surface area contributed by atoms with Crippen molar-refractivity contribution in [1.82, 2.24) is 5.32 Å². The van der Waals surface area contributed by atoms with Crippen molar-refractivity contribution < 1.29 is 24.2 Å². The molecule has 1 amide bonds. The third kappa shape index (κ3) is 5.50. The molecule has 1 saturated carbocycles. The SMILES string of the molecule is CC1(C)[C@H](C(=O)NCC(=O)OCCCC(=O)O)[C@@H]1C=C(Cl)Cl. The molecular formula is C14H19Cl2NO5. The number of carboxylic acids is 1. The van der Waals surface area contributed by atoms with Gasteiger partial charge in [-0.3, -0.25) is 14.4 Å². The zero-order valence-corrected chi connectivity index (χ0v) is 13.9. The standard InChI is InChI=1S/C14H19Cl2NO5/c1-14(2)8(6-9(15)16)12(14)13(21)17-7-11(20)22-5-3-4-10(18)19/h6,8,12H,3-5,7H2,1-2H3,(H,17,21)(H,18,19)/t8-,12-/m0/s1. The Balaban J connectivity index is 2.30. The lowest BCUT2D eigenvalue weighted by Crippen LogP contribution is -2.33. The Morgan fingerprint density at radius 2 is 1.95 bits per heavy atom. The highest BCUT2D eigenvalue weighted by molar-refractivity contribution is 6.55. The van der Waals surface area contributed by atoms with Crippen LogP contribution in [0.2, 0.25) is 0 Å². The first-order valence-corrected chi connectivity index (χ1v) is 7.59. The Morgan fingerprint density at radius 3 is 2.50 bits per heavy atom. The topological polar surface area (TPSA) is 92.7 Å². The molecular weight excluding hydrogens is 333 g/mol. The van der Waals surface area contributed by atoms with E-state index >= 15 is 0 Å². The van der Waals surface area contributed by atoms with Crippen LogP contribution in [0.4, 0.5) is 0 Å². The van der Waals surface area contributed by atoms with Crippen LogP contribution < -0.4 is 5.32 Å². The van der Waals surface area contributed by atoms with Gasteiger partial charge in [-0.1, -0.05) is 37.0 Å². The van der Waals surface area contributed by atoms with Crippen molar-refractivity contribution in [3.05, 3.63) is 10.6 Å². The molecule has 0 aromatic carbocycles. The molecule has 2 N–H and O–H groups in total. The molecule has 6 nitrogen and oxygen atoms in total. The zero-order chi connectivity index (χ0) is 16.9. The molecule has 0 heterocycles. The van der Waals surface area contributed by atoms with Gasteiger partial charge in [0.05, 0.1) is 12.5 Å². The average Bonchev–Trinajstić information content (AvgIpc) is 2.92. The third-order valence-corrected chi connectivity index (χ3v) is 3.96. The van der Waals surface area contributed by atoms with Crippen molar-refractivity contribution in [2.24, 2.45) is 17.3 Å². The molecule has 8 heteroatoms. The molecule has 1 aliphatic carbocycles. The summed E-state index contributed by atoms with van der Waals surface area (Å²) in [6.45, 7) is 3.60. The lowest BCUT2D eigenvalue weighted by molar-refractivity contribution is -0.145. The van der Waals surface area contributed by atoms with Crippen molar-refractivity contribution in [3.8, 4) is 0 Å². The lowest BCUT2D eigenvalue weighted by atomic mass is 10.1. The van der Waals surface area contributed by atoms with E-state index in [1.807, 2.05) is 13.8 Å². The maximum absolute atomic E-state index is 12.0. The summed E-state index contributed by atoms with van der Waals surface area (Å²) in [6, 6.07) is 0. The monoisotopic (exact) mass is 351 g/mol. The molecule has 1 aliphatic rings. The van der Waals surface area contributed by atoms with E-state index < -0.39 is 11.9 Å². The average molecular weight is 352 g/mol. The van der Waals surface area contributed by atoms with Crippen LogP contribution in [-0.4, -0.2) is 36.1 Å². The van der Waals surface area contributed by atoms with E-state index in [1.54, 1.807) is 6.08 Å². The Kier molecular flexibility index (Phi) is 6.68. The molecule has 124 valence electrons. The van der Waals surface area contributed by atoms with Crippen LogP contribution in [-0.2, 0) is 19.1 Å². The molecule has 0 aliphatic heterocycles. The van der Waals surface area contributed by atoms with Gasteiger partial charge in [0.15, 0.2) is 0 Å². The van der Waals surface area contributed by atoms with E-state index in [-0.39, 0.29) is 53.6 Å². The highest BCUT2D eigenvalue weighted by Gasteiger charge is 2.60. The van der Waals surface area contributed by atoms with Gasteiger partial charge >= 0.3 is 11.9 Å². The van der Waals surface area contributed by atoms with Crippen molar-refractivity contribution in [3.63, 3.8) is 0 Å². The first-order chi connectivity index (χ1) is 10.2. The van der Waals surface area contributed by atoms with Crippen molar-refractivity contribution in [2.75, 3.05) is 13.2 Å². The summed E-state index contributed by atoms with van der Waals surface area (Å²) in [4.78, 5) is 33.7. The molecule has 0 spiro atoms. The van der Waals surface area contributed by atoms with Crippen molar-refractivity contribution in [2.45, 2.75) is 26.7 Å². The van der Waals surface area contributed by atoms with Crippen LogP contribution in [0.5, 0.6) is 0 Å².